The minimum atomic E-state index is -0.389. The van der Waals surface area contributed by atoms with E-state index in [1.54, 1.807) is 23.9 Å². The molecule has 0 unspecified atom stereocenters. The van der Waals surface area contributed by atoms with E-state index in [1.165, 1.54) is 32.7 Å². The molecule has 154 valence electrons. The molecule has 1 amide bonds. The summed E-state index contributed by atoms with van der Waals surface area (Å²) in [6.07, 6.45) is 2.05. The lowest BCUT2D eigenvalue weighted by atomic mass is 10.1. The van der Waals surface area contributed by atoms with Crippen molar-refractivity contribution in [2.45, 2.75) is 6.54 Å². The number of ether oxygens (including phenoxy) is 3. The van der Waals surface area contributed by atoms with Crippen LogP contribution < -0.4 is 19.0 Å². The molecule has 0 fully saturated rings. The van der Waals surface area contributed by atoms with Crippen LogP contribution in [0.4, 0.5) is 0 Å². The summed E-state index contributed by atoms with van der Waals surface area (Å²) >= 11 is 9.30. The first kappa shape index (κ1) is 21.5. The molecule has 0 radical (unpaired) electrons. The summed E-state index contributed by atoms with van der Waals surface area (Å²) in [6.45, 7) is 0.740. The second-order valence-electron chi connectivity index (χ2n) is 5.97. The molecule has 29 heavy (non-hydrogen) atoms. The second kappa shape index (κ2) is 9.56. The number of thiazole rings is 1. The van der Waals surface area contributed by atoms with E-state index in [0.717, 1.165) is 22.5 Å². The van der Waals surface area contributed by atoms with Crippen LogP contribution in [0.1, 0.15) is 10.4 Å². The Hall–Kier alpha value is -2.16. The Labute approximate surface area is 182 Å². The van der Waals surface area contributed by atoms with Gasteiger partial charge in [-0.25, -0.2) is 0 Å². The molecule has 1 heterocycles. The van der Waals surface area contributed by atoms with Crippen LogP contribution in [0.25, 0.3) is 10.2 Å². The zero-order valence-corrected chi connectivity index (χ0v) is 18.9. The maximum absolute atomic E-state index is 13.0. The van der Waals surface area contributed by atoms with Crippen molar-refractivity contribution in [3.63, 3.8) is 0 Å². The summed E-state index contributed by atoms with van der Waals surface area (Å²) in [5.74, 6) is 1.76. The second-order valence-corrected chi connectivity index (χ2v) is 8.40. The summed E-state index contributed by atoms with van der Waals surface area (Å²) in [7, 11) is 4.53. The number of hydrogen-bond donors (Lipinski definition) is 0. The molecule has 0 atom stereocenters. The minimum absolute atomic E-state index is 0.353. The van der Waals surface area contributed by atoms with Crippen molar-refractivity contribution in [2.24, 2.45) is 4.99 Å². The lowest BCUT2D eigenvalue weighted by Gasteiger charge is -2.12. The van der Waals surface area contributed by atoms with Gasteiger partial charge in [0.05, 0.1) is 31.5 Å². The fourth-order valence-electron chi connectivity index (χ4n) is 2.89. The van der Waals surface area contributed by atoms with Gasteiger partial charge < -0.3 is 18.8 Å². The Morgan fingerprint density at radius 2 is 1.83 bits per heavy atom. The van der Waals surface area contributed by atoms with Crippen LogP contribution in [0, 0.1) is 0 Å². The average molecular weight is 453 g/mol. The van der Waals surface area contributed by atoms with E-state index < -0.39 is 0 Å². The summed E-state index contributed by atoms with van der Waals surface area (Å²) in [5.41, 5.74) is 1.36. The largest absolute Gasteiger partial charge is 0.493 e. The Bertz CT molecular complexity index is 1080. The number of aryl methyl sites for hydroxylation is 1. The topological polar surface area (TPSA) is 62.0 Å². The van der Waals surface area contributed by atoms with Gasteiger partial charge in [0.2, 0.25) is 5.75 Å². The van der Waals surface area contributed by atoms with Gasteiger partial charge in [0.1, 0.15) is 0 Å². The predicted molar refractivity (Wildman–Crippen MR) is 119 cm³/mol. The third kappa shape index (κ3) is 4.55. The Morgan fingerprint density at radius 1 is 1.14 bits per heavy atom. The number of fused-ring (bicyclic) bond motifs is 1. The molecule has 2 aromatic carbocycles. The number of benzene rings is 2. The smallest absolute Gasteiger partial charge is 0.279 e. The fraction of sp³-hybridized carbons (Fsp3) is 0.300. The molecule has 1 aromatic heterocycles. The number of thioether (sulfide) groups is 1. The van der Waals surface area contributed by atoms with Gasteiger partial charge >= 0.3 is 0 Å². The molecular formula is C20H21ClN2O4S2. The summed E-state index contributed by atoms with van der Waals surface area (Å²) in [5, 5.41) is 0.651. The van der Waals surface area contributed by atoms with Crippen molar-refractivity contribution in [2.75, 3.05) is 33.3 Å². The molecule has 3 aromatic rings. The lowest BCUT2D eigenvalue weighted by molar-refractivity contribution is 0.0997. The van der Waals surface area contributed by atoms with Gasteiger partial charge in [0.25, 0.3) is 5.91 Å². The van der Waals surface area contributed by atoms with Crippen LogP contribution in [-0.2, 0) is 6.54 Å². The highest BCUT2D eigenvalue weighted by atomic mass is 35.5. The molecular weight excluding hydrogens is 432 g/mol. The first-order chi connectivity index (χ1) is 14.0. The zero-order chi connectivity index (χ0) is 21.0. The Morgan fingerprint density at radius 3 is 2.41 bits per heavy atom. The molecule has 0 aliphatic heterocycles. The van der Waals surface area contributed by atoms with Gasteiger partial charge in [-0.1, -0.05) is 22.9 Å². The van der Waals surface area contributed by atoms with E-state index in [9.17, 15) is 4.79 Å². The van der Waals surface area contributed by atoms with E-state index in [0.29, 0.717) is 32.6 Å². The van der Waals surface area contributed by atoms with Crippen molar-refractivity contribution in [3.8, 4) is 17.2 Å². The molecule has 6 nitrogen and oxygen atoms in total. The molecule has 3 rings (SSSR count). The molecule has 0 aliphatic rings. The van der Waals surface area contributed by atoms with E-state index in [-0.39, 0.29) is 5.91 Å². The predicted octanol–water partition coefficient (Wildman–Crippen LogP) is 4.49. The number of amides is 1. The van der Waals surface area contributed by atoms with Crippen LogP contribution in [0.15, 0.2) is 35.3 Å². The van der Waals surface area contributed by atoms with E-state index in [2.05, 4.69) is 4.99 Å². The average Bonchev–Trinajstić information content (AvgIpc) is 3.06. The standard InChI is InChI=1S/C20H21ClN2O4S2/c1-25-15-9-12(10-16(26-2)18(15)27-3)19(24)22-20-23(7-8-28-4)14-6-5-13(21)11-17(14)29-20/h5-6,9-11H,7-8H2,1-4H3. The van der Waals surface area contributed by atoms with Crippen molar-refractivity contribution >= 4 is 50.8 Å². The number of rotatable bonds is 7. The first-order valence-electron chi connectivity index (χ1n) is 8.69. The molecule has 0 saturated heterocycles. The van der Waals surface area contributed by atoms with E-state index in [1.807, 2.05) is 29.0 Å². The highest BCUT2D eigenvalue weighted by Gasteiger charge is 2.17. The van der Waals surface area contributed by atoms with Crippen molar-refractivity contribution in [3.05, 3.63) is 45.7 Å². The van der Waals surface area contributed by atoms with Gasteiger partial charge in [-0.05, 0) is 36.6 Å². The zero-order valence-electron chi connectivity index (χ0n) is 16.5. The normalized spacial score (nSPS) is 11.7. The SMILES string of the molecule is COc1cc(C(=O)N=c2sc3cc(Cl)ccc3n2CCSC)cc(OC)c1OC. The summed E-state index contributed by atoms with van der Waals surface area (Å²) in [6, 6.07) is 8.89. The Kier molecular flexibility index (Phi) is 7.10. The van der Waals surface area contributed by atoms with Gasteiger partial charge in [-0.2, -0.15) is 16.8 Å². The van der Waals surface area contributed by atoms with Crippen LogP contribution in [0.2, 0.25) is 5.02 Å². The summed E-state index contributed by atoms with van der Waals surface area (Å²) < 4.78 is 19.0. The number of carbonyl (C=O) groups excluding carboxylic acids is 1. The maximum Gasteiger partial charge on any atom is 0.279 e. The minimum Gasteiger partial charge on any atom is -0.493 e. The third-order valence-corrected chi connectivity index (χ3v) is 6.14. The first-order valence-corrected chi connectivity index (χ1v) is 11.3. The Balaban J connectivity index is 2.12. The number of aromatic nitrogens is 1. The number of nitrogens with zero attached hydrogens (tertiary/aromatic N) is 2. The third-order valence-electron chi connectivity index (χ3n) is 4.27. The van der Waals surface area contributed by atoms with Gasteiger partial charge in [0, 0.05) is 22.9 Å². The van der Waals surface area contributed by atoms with Gasteiger partial charge in [-0.15, -0.1) is 0 Å². The quantitative estimate of drug-likeness (QED) is 0.528. The van der Waals surface area contributed by atoms with Crippen LogP contribution in [0.3, 0.4) is 0 Å². The molecule has 0 spiro atoms. The van der Waals surface area contributed by atoms with E-state index in [4.69, 9.17) is 25.8 Å². The number of hydrogen-bond acceptors (Lipinski definition) is 6. The lowest BCUT2D eigenvalue weighted by Crippen LogP contribution is -2.18. The highest BCUT2D eigenvalue weighted by molar-refractivity contribution is 7.98. The van der Waals surface area contributed by atoms with Crippen LogP contribution >= 0.6 is 34.7 Å². The van der Waals surface area contributed by atoms with Gasteiger partial charge in [-0.3, -0.25) is 4.79 Å². The van der Waals surface area contributed by atoms with Gasteiger partial charge in [0.15, 0.2) is 16.3 Å². The number of carbonyl (C=O) groups is 1. The molecule has 0 N–H and O–H groups in total. The maximum atomic E-state index is 13.0. The van der Waals surface area contributed by atoms with Crippen LogP contribution in [0.5, 0.6) is 17.2 Å². The number of halogens is 1. The van der Waals surface area contributed by atoms with Crippen molar-refractivity contribution in [1.29, 1.82) is 0 Å². The molecule has 9 heteroatoms. The van der Waals surface area contributed by atoms with E-state index >= 15 is 0 Å². The monoisotopic (exact) mass is 452 g/mol. The fourth-order valence-corrected chi connectivity index (χ4v) is 4.58. The van der Waals surface area contributed by atoms with Crippen molar-refractivity contribution < 1.29 is 19.0 Å². The highest BCUT2D eigenvalue weighted by Crippen LogP contribution is 2.38. The van der Waals surface area contributed by atoms with Crippen molar-refractivity contribution in [1.82, 2.24) is 4.57 Å². The summed E-state index contributed by atoms with van der Waals surface area (Å²) in [4.78, 5) is 18.0. The molecule has 0 bridgehead atoms. The molecule has 0 saturated carbocycles. The molecule has 0 aliphatic carbocycles. The number of methoxy groups -OCH3 is 3. The van der Waals surface area contributed by atoms with Crippen LogP contribution in [-0.4, -0.2) is 43.8 Å².